The highest BCUT2D eigenvalue weighted by Crippen LogP contribution is 2.20. The lowest BCUT2D eigenvalue weighted by Crippen LogP contribution is -2.62. The molecule has 1 aliphatic heterocycles. The standard InChI is InChI=1S/C18H34NO5/c1-3-4-5-6-7-8-9-10-11-12-14(20)19-15-17(22)16(21)13(2)24-18(15)23/h13,15-18,21-22H,3-12H2,1-2H3,(H,19,20)/t13-,15-,16-,17-,18-/m1/s1. The van der Waals surface area contributed by atoms with Crippen LogP contribution in [0.1, 0.15) is 78.1 Å². The van der Waals surface area contributed by atoms with Crippen LogP contribution in [0.15, 0.2) is 0 Å². The average molecular weight is 344 g/mol. The number of hydrogen-bond donors (Lipinski definition) is 3. The summed E-state index contributed by atoms with van der Waals surface area (Å²) in [7, 11) is 0. The predicted molar refractivity (Wildman–Crippen MR) is 90.8 cm³/mol. The molecule has 1 rings (SSSR count). The van der Waals surface area contributed by atoms with Crippen molar-refractivity contribution in [1.82, 2.24) is 5.32 Å². The van der Waals surface area contributed by atoms with E-state index in [2.05, 4.69) is 12.2 Å². The van der Waals surface area contributed by atoms with Crippen LogP contribution >= 0.6 is 0 Å². The van der Waals surface area contributed by atoms with Crippen LogP contribution in [0.2, 0.25) is 0 Å². The van der Waals surface area contributed by atoms with Crippen molar-refractivity contribution in [2.45, 2.75) is 109 Å². The smallest absolute Gasteiger partial charge is 0.220 e. The Bertz CT molecular complexity index is 352. The van der Waals surface area contributed by atoms with Crippen LogP contribution < -0.4 is 5.32 Å². The highest BCUT2D eigenvalue weighted by atomic mass is 16.6. The molecule has 0 aliphatic carbocycles. The summed E-state index contributed by atoms with van der Waals surface area (Å²) in [5, 5.41) is 33.9. The van der Waals surface area contributed by atoms with E-state index in [1.54, 1.807) is 0 Å². The van der Waals surface area contributed by atoms with E-state index in [0.29, 0.717) is 6.42 Å². The number of aliphatic hydroxyl groups is 2. The summed E-state index contributed by atoms with van der Waals surface area (Å²) in [5.41, 5.74) is 0. The zero-order valence-corrected chi connectivity index (χ0v) is 15.1. The van der Waals surface area contributed by atoms with E-state index in [0.717, 1.165) is 19.3 Å². The Morgan fingerprint density at radius 2 is 1.50 bits per heavy atom. The number of hydrogen-bond acceptors (Lipinski definition) is 4. The first-order valence-electron chi connectivity index (χ1n) is 9.44. The summed E-state index contributed by atoms with van der Waals surface area (Å²) < 4.78 is 5.00. The maximum atomic E-state index is 11.9. The topological polar surface area (TPSA) is 98.7 Å². The van der Waals surface area contributed by atoms with E-state index < -0.39 is 30.6 Å². The summed E-state index contributed by atoms with van der Waals surface area (Å²) >= 11 is 0. The van der Waals surface area contributed by atoms with Gasteiger partial charge in [-0.25, -0.2) is 0 Å². The Morgan fingerprint density at radius 3 is 2.08 bits per heavy atom. The van der Waals surface area contributed by atoms with E-state index in [1.165, 1.54) is 45.4 Å². The molecule has 3 N–H and O–H groups in total. The van der Waals surface area contributed by atoms with E-state index in [4.69, 9.17) is 4.74 Å². The molecule has 141 valence electrons. The number of carbonyl (C=O) groups is 1. The van der Waals surface area contributed by atoms with Crippen molar-refractivity contribution in [2.24, 2.45) is 0 Å². The van der Waals surface area contributed by atoms with Crippen molar-refractivity contribution < 1.29 is 24.9 Å². The van der Waals surface area contributed by atoms with Gasteiger partial charge in [0.1, 0.15) is 18.2 Å². The minimum atomic E-state index is -1.55. The van der Waals surface area contributed by atoms with Gasteiger partial charge < -0.3 is 20.3 Å². The van der Waals surface area contributed by atoms with Gasteiger partial charge in [0.2, 0.25) is 12.2 Å². The van der Waals surface area contributed by atoms with Crippen LogP contribution in [0, 0.1) is 0 Å². The Morgan fingerprint density at radius 1 is 0.958 bits per heavy atom. The molecular formula is C18H34NO5. The molecule has 0 aromatic carbocycles. The molecule has 0 saturated carbocycles. The van der Waals surface area contributed by atoms with Crippen molar-refractivity contribution >= 4 is 5.91 Å². The van der Waals surface area contributed by atoms with Gasteiger partial charge in [-0.05, 0) is 13.3 Å². The fourth-order valence-electron chi connectivity index (χ4n) is 3.04. The zero-order chi connectivity index (χ0) is 17.9. The molecule has 0 spiro atoms. The van der Waals surface area contributed by atoms with E-state index in [1.807, 2.05) is 0 Å². The molecule has 1 fully saturated rings. The van der Waals surface area contributed by atoms with Crippen LogP contribution in [0.4, 0.5) is 0 Å². The van der Waals surface area contributed by atoms with Crippen LogP contribution in [-0.4, -0.2) is 46.8 Å². The van der Waals surface area contributed by atoms with Gasteiger partial charge >= 0.3 is 0 Å². The molecule has 0 aromatic rings. The molecule has 5 atom stereocenters. The van der Waals surface area contributed by atoms with Gasteiger partial charge in [0.25, 0.3) is 0 Å². The van der Waals surface area contributed by atoms with E-state index >= 15 is 0 Å². The summed E-state index contributed by atoms with van der Waals surface area (Å²) in [4.78, 5) is 11.9. The normalized spacial score (nSPS) is 30.3. The van der Waals surface area contributed by atoms with Crippen molar-refractivity contribution in [3.05, 3.63) is 0 Å². The molecule has 6 nitrogen and oxygen atoms in total. The second-order valence-electron chi connectivity index (χ2n) is 6.86. The molecule has 1 amide bonds. The van der Waals surface area contributed by atoms with Crippen molar-refractivity contribution in [3.63, 3.8) is 0 Å². The molecule has 1 saturated heterocycles. The number of amides is 1. The zero-order valence-electron chi connectivity index (χ0n) is 15.1. The Labute approximate surface area is 145 Å². The van der Waals surface area contributed by atoms with Gasteiger partial charge in [0.05, 0.1) is 6.10 Å². The molecule has 0 unspecified atom stereocenters. The lowest BCUT2D eigenvalue weighted by molar-refractivity contribution is -0.262. The summed E-state index contributed by atoms with van der Waals surface area (Å²) in [6.45, 7) is 3.74. The van der Waals surface area contributed by atoms with E-state index in [-0.39, 0.29) is 5.91 Å². The highest BCUT2D eigenvalue weighted by Gasteiger charge is 2.43. The largest absolute Gasteiger partial charge is 0.388 e. The van der Waals surface area contributed by atoms with Crippen LogP contribution in [0.3, 0.4) is 0 Å². The Hall–Kier alpha value is -0.690. The monoisotopic (exact) mass is 344 g/mol. The Kier molecular flexibility index (Phi) is 10.5. The third kappa shape index (κ3) is 7.47. The van der Waals surface area contributed by atoms with Gasteiger partial charge in [-0.3, -0.25) is 4.79 Å². The lowest BCUT2D eigenvalue weighted by atomic mass is 9.97. The fraction of sp³-hybridized carbons (Fsp3) is 0.944. The Balaban J connectivity index is 2.11. The molecular weight excluding hydrogens is 310 g/mol. The van der Waals surface area contributed by atoms with Crippen LogP contribution in [0.5, 0.6) is 0 Å². The highest BCUT2D eigenvalue weighted by molar-refractivity contribution is 5.76. The van der Waals surface area contributed by atoms with Crippen LogP contribution in [-0.2, 0) is 14.6 Å². The summed E-state index contributed by atoms with van der Waals surface area (Å²) in [5.74, 6) is -0.270. The van der Waals surface area contributed by atoms with Crippen LogP contribution in [0.25, 0.3) is 0 Å². The van der Waals surface area contributed by atoms with Crippen molar-refractivity contribution in [1.29, 1.82) is 0 Å². The molecule has 1 radical (unpaired) electrons. The molecule has 0 bridgehead atoms. The molecule has 1 heterocycles. The van der Waals surface area contributed by atoms with Gasteiger partial charge in [0.15, 0.2) is 0 Å². The van der Waals surface area contributed by atoms with Crippen molar-refractivity contribution in [2.75, 3.05) is 0 Å². The molecule has 24 heavy (non-hydrogen) atoms. The summed E-state index contributed by atoms with van der Waals surface area (Å²) in [6.07, 6.45) is 6.12. The minimum absolute atomic E-state index is 0.270. The summed E-state index contributed by atoms with van der Waals surface area (Å²) in [6, 6.07) is -1.10. The minimum Gasteiger partial charge on any atom is -0.388 e. The second kappa shape index (κ2) is 11.8. The number of aliphatic hydroxyl groups excluding tert-OH is 2. The quantitative estimate of drug-likeness (QED) is 0.501. The second-order valence-corrected chi connectivity index (χ2v) is 6.86. The fourth-order valence-corrected chi connectivity index (χ4v) is 3.04. The van der Waals surface area contributed by atoms with Gasteiger partial charge in [-0.1, -0.05) is 58.3 Å². The van der Waals surface area contributed by atoms with Crippen molar-refractivity contribution in [3.8, 4) is 0 Å². The number of unbranched alkanes of at least 4 members (excludes halogenated alkanes) is 8. The first kappa shape index (κ1) is 21.4. The lowest BCUT2D eigenvalue weighted by Gasteiger charge is -2.38. The number of carbonyl (C=O) groups excluding carboxylic acids is 1. The third-order valence-corrected chi connectivity index (χ3v) is 4.68. The first-order chi connectivity index (χ1) is 11.5. The number of ether oxygens (including phenoxy) is 1. The number of rotatable bonds is 11. The molecule has 6 heteroatoms. The third-order valence-electron chi connectivity index (χ3n) is 4.68. The maximum Gasteiger partial charge on any atom is 0.220 e. The van der Waals surface area contributed by atoms with Gasteiger partial charge in [-0.15, -0.1) is 0 Å². The SMILES string of the molecule is CCCCCCCCCCCC(=O)N[C@@H]1[C@@H](O)[C@H](O)[C@@H](C)O[C@H]1[O]. The van der Waals surface area contributed by atoms with Gasteiger partial charge in [0, 0.05) is 6.42 Å². The average Bonchev–Trinajstić information content (AvgIpc) is 2.55. The molecule has 1 aliphatic rings. The number of nitrogens with one attached hydrogen (secondary N) is 1. The first-order valence-corrected chi connectivity index (χ1v) is 9.44. The van der Waals surface area contributed by atoms with Gasteiger partial charge in [-0.2, -0.15) is 5.11 Å². The van der Waals surface area contributed by atoms with E-state index in [9.17, 15) is 20.1 Å². The molecule has 0 aromatic heterocycles. The maximum absolute atomic E-state index is 11.9. The predicted octanol–water partition coefficient (Wildman–Crippen LogP) is 2.29.